The highest BCUT2D eigenvalue weighted by Crippen LogP contribution is 2.55. The molecule has 68 valence electrons. The lowest BCUT2D eigenvalue weighted by atomic mass is 9.77. The first-order valence-electron chi connectivity index (χ1n) is 3.88. The molecule has 0 bridgehead atoms. The summed E-state index contributed by atoms with van der Waals surface area (Å²) >= 11 is 5.15. The normalized spacial score (nSPS) is 15.3. The molecule has 0 heterocycles. The Hall–Kier alpha value is 1.46. The lowest BCUT2D eigenvalue weighted by Gasteiger charge is -2.45. The second-order valence-electron chi connectivity index (χ2n) is 5.07. The van der Waals surface area contributed by atoms with Crippen molar-refractivity contribution in [2.75, 3.05) is 0 Å². The van der Waals surface area contributed by atoms with Gasteiger partial charge in [0.25, 0.3) is 0 Å². The minimum absolute atomic E-state index is 0.315. The molecular formula is C9H18I2. The zero-order valence-corrected chi connectivity index (χ0v) is 12.6. The molecule has 11 heavy (non-hydrogen) atoms. The van der Waals surface area contributed by atoms with Gasteiger partial charge in [0.1, 0.15) is 0 Å². The van der Waals surface area contributed by atoms with Crippen LogP contribution in [-0.4, -0.2) is 1.43 Å². The van der Waals surface area contributed by atoms with Crippen LogP contribution in [0.3, 0.4) is 0 Å². The first-order chi connectivity index (χ1) is 4.50. The van der Waals surface area contributed by atoms with Gasteiger partial charge in [-0.1, -0.05) is 86.7 Å². The summed E-state index contributed by atoms with van der Waals surface area (Å²) in [5.41, 5.74) is 0.707. The Kier molecular flexibility index (Phi) is 3.75. The molecule has 0 aliphatic carbocycles. The summed E-state index contributed by atoms with van der Waals surface area (Å²) < 4.78 is 0.315. The molecule has 0 aliphatic rings. The Balaban J connectivity index is 4.75. The molecule has 0 rings (SSSR count). The first kappa shape index (κ1) is 12.5. The van der Waals surface area contributed by atoms with E-state index in [4.69, 9.17) is 0 Å². The van der Waals surface area contributed by atoms with E-state index in [1.54, 1.807) is 0 Å². The van der Waals surface area contributed by atoms with Gasteiger partial charge in [-0.05, 0) is 10.8 Å². The molecule has 0 spiro atoms. The van der Waals surface area contributed by atoms with Crippen LogP contribution in [0.25, 0.3) is 0 Å². The van der Waals surface area contributed by atoms with Crippen LogP contribution >= 0.6 is 45.2 Å². The van der Waals surface area contributed by atoms with Gasteiger partial charge >= 0.3 is 0 Å². The van der Waals surface area contributed by atoms with Crippen molar-refractivity contribution in [3.8, 4) is 0 Å². The number of alkyl halides is 2. The largest absolute Gasteiger partial charge is 0.0830 e. The van der Waals surface area contributed by atoms with E-state index < -0.39 is 0 Å². The van der Waals surface area contributed by atoms with Crippen LogP contribution in [0.4, 0.5) is 0 Å². The molecular weight excluding hydrogens is 362 g/mol. The number of rotatable bonds is 0. The molecule has 0 radical (unpaired) electrons. The van der Waals surface area contributed by atoms with E-state index >= 15 is 0 Å². The van der Waals surface area contributed by atoms with Gasteiger partial charge in [0, 0.05) is 0 Å². The van der Waals surface area contributed by atoms with E-state index in [-0.39, 0.29) is 0 Å². The van der Waals surface area contributed by atoms with Crippen molar-refractivity contribution >= 4 is 45.2 Å². The molecule has 0 N–H and O–H groups in total. The van der Waals surface area contributed by atoms with Gasteiger partial charge in [-0.15, -0.1) is 0 Å². The van der Waals surface area contributed by atoms with E-state index in [1.807, 2.05) is 0 Å². The number of halogens is 2. The third-order valence-electron chi connectivity index (χ3n) is 1.88. The maximum absolute atomic E-state index is 2.58. The molecule has 0 aromatic heterocycles. The SMILES string of the molecule is CC(C)(C)C(I)(I)C(C)(C)C. The molecule has 0 aromatic carbocycles. The Morgan fingerprint density at radius 3 is 0.818 bits per heavy atom. The average molecular weight is 380 g/mol. The monoisotopic (exact) mass is 380 g/mol. The Morgan fingerprint density at radius 2 is 0.818 bits per heavy atom. The third-order valence-corrected chi connectivity index (χ3v) is 8.36. The molecule has 0 atom stereocenters. The van der Waals surface area contributed by atoms with Gasteiger partial charge < -0.3 is 0 Å². The summed E-state index contributed by atoms with van der Waals surface area (Å²) in [4.78, 5) is 0. The lowest BCUT2D eigenvalue weighted by Crippen LogP contribution is -2.42. The highest BCUT2D eigenvalue weighted by atomic mass is 127. The van der Waals surface area contributed by atoms with E-state index in [2.05, 4.69) is 86.7 Å². The Bertz CT molecular complexity index is 119. The minimum Gasteiger partial charge on any atom is -0.0661 e. The molecule has 0 unspecified atom stereocenters. The predicted octanol–water partition coefficient (Wildman–Crippen LogP) is 4.64. The van der Waals surface area contributed by atoms with Gasteiger partial charge in [0.15, 0.2) is 0 Å². The lowest BCUT2D eigenvalue weighted by molar-refractivity contribution is 0.249. The number of hydrogen-bond acceptors (Lipinski definition) is 0. The zero-order valence-electron chi connectivity index (χ0n) is 8.26. The van der Waals surface area contributed by atoms with Gasteiger partial charge in [0.2, 0.25) is 0 Å². The molecule has 0 amide bonds. The van der Waals surface area contributed by atoms with Crippen molar-refractivity contribution in [2.24, 2.45) is 10.8 Å². The topological polar surface area (TPSA) is 0 Å². The van der Waals surface area contributed by atoms with Crippen LogP contribution in [0, 0.1) is 10.8 Å². The summed E-state index contributed by atoms with van der Waals surface area (Å²) in [6.07, 6.45) is 0. The second-order valence-corrected chi connectivity index (χ2v) is 10.4. The molecule has 2 heteroatoms. The highest BCUT2D eigenvalue weighted by Gasteiger charge is 2.46. The van der Waals surface area contributed by atoms with Gasteiger partial charge in [-0.2, -0.15) is 0 Å². The van der Waals surface area contributed by atoms with Crippen molar-refractivity contribution in [1.82, 2.24) is 0 Å². The Labute approximate surface area is 98.2 Å². The highest BCUT2D eigenvalue weighted by molar-refractivity contribution is 14.2. The van der Waals surface area contributed by atoms with E-state index in [0.29, 0.717) is 12.3 Å². The summed E-state index contributed by atoms with van der Waals surface area (Å²) in [7, 11) is 0. The smallest absolute Gasteiger partial charge is 0.0661 e. The van der Waals surface area contributed by atoms with Crippen molar-refractivity contribution in [2.45, 2.75) is 43.0 Å². The van der Waals surface area contributed by atoms with Crippen LogP contribution in [0.15, 0.2) is 0 Å². The van der Waals surface area contributed by atoms with Gasteiger partial charge in [0.05, 0.1) is 1.43 Å². The molecule has 0 aromatic rings. The minimum atomic E-state index is 0.315. The van der Waals surface area contributed by atoms with Crippen molar-refractivity contribution in [1.29, 1.82) is 0 Å². The summed E-state index contributed by atoms with van der Waals surface area (Å²) in [5.74, 6) is 0. The molecule has 0 saturated carbocycles. The second kappa shape index (κ2) is 3.31. The van der Waals surface area contributed by atoms with E-state index in [1.165, 1.54) is 0 Å². The zero-order chi connectivity index (χ0) is 9.50. The standard InChI is InChI=1S/C9H18I2/c1-7(2,3)9(10,11)8(4,5)6/h1-6H3. The van der Waals surface area contributed by atoms with E-state index in [9.17, 15) is 0 Å². The van der Waals surface area contributed by atoms with Gasteiger partial charge in [-0.25, -0.2) is 0 Å². The number of hydrogen-bond donors (Lipinski definition) is 0. The van der Waals surface area contributed by atoms with Crippen molar-refractivity contribution < 1.29 is 0 Å². The predicted molar refractivity (Wildman–Crippen MR) is 69.7 cm³/mol. The fraction of sp³-hybridized carbons (Fsp3) is 1.00. The fourth-order valence-electron chi connectivity index (χ4n) is 1.12. The van der Waals surface area contributed by atoms with Gasteiger partial charge in [-0.3, -0.25) is 0 Å². The molecule has 0 fully saturated rings. The van der Waals surface area contributed by atoms with Crippen LogP contribution in [0.5, 0.6) is 0 Å². The third kappa shape index (κ3) is 2.71. The Morgan fingerprint density at radius 1 is 0.636 bits per heavy atom. The molecule has 0 aliphatic heterocycles. The average Bonchev–Trinajstić information content (AvgIpc) is 1.58. The first-order valence-corrected chi connectivity index (χ1v) is 6.04. The quantitative estimate of drug-likeness (QED) is 0.424. The molecule has 0 saturated heterocycles. The maximum atomic E-state index is 2.58. The van der Waals surface area contributed by atoms with Crippen molar-refractivity contribution in [3.05, 3.63) is 0 Å². The van der Waals surface area contributed by atoms with Crippen LogP contribution in [0.1, 0.15) is 41.5 Å². The maximum Gasteiger partial charge on any atom is 0.0830 e. The van der Waals surface area contributed by atoms with Crippen LogP contribution in [-0.2, 0) is 0 Å². The summed E-state index contributed by atoms with van der Waals surface area (Å²) in [6.45, 7) is 13.8. The fourth-order valence-corrected chi connectivity index (χ4v) is 1.12. The van der Waals surface area contributed by atoms with Crippen LogP contribution < -0.4 is 0 Å². The molecule has 0 nitrogen and oxygen atoms in total. The summed E-state index contributed by atoms with van der Waals surface area (Å²) in [5, 5.41) is 0. The van der Waals surface area contributed by atoms with Crippen molar-refractivity contribution in [3.63, 3.8) is 0 Å². The van der Waals surface area contributed by atoms with E-state index in [0.717, 1.165) is 0 Å². The van der Waals surface area contributed by atoms with Crippen LogP contribution in [0.2, 0.25) is 0 Å². The summed E-state index contributed by atoms with van der Waals surface area (Å²) in [6, 6.07) is 0.